The minimum Gasteiger partial charge on any atom is -0.0941 e. The average Bonchev–Trinajstić information content (AvgIpc) is 2.56. The van der Waals surface area contributed by atoms with Crippen LogP contribution >= 0.6 is 0 Å². The van der Waals surface area contributed by atoms with Crippen LogP contribution in [-0.2, 0) is 0 Å². The fourth-order valence-electron chi connectivity index (χ4n) is 2.56. The van der Waals surface area contributed by atoms with Gasteiger partial charge in [-0.3, -0.25) is 0 Å². The molecule has 0 radical (unpaired) electrons. The summed E-state index contributed by atoms with van der Waals surface area (Å²) in [6.07, 6.45) is 13.0. The lowest BCUT2D eigenvalue weighted by Crippen LogP contribution is -2.04. The Balaban J connectivity index is 2.31. The van der Waals surface area contributed by atoms with Crippen molar-refractivity contribution in [1.29, 1.82) is 0 Å². The molecular formula is C22H24. The minimum atomic E-state index is 0.428. The molecule has 0 heteroatoms. The fourth-order valence-corrected chi connectivity index (χ4v) is 2.56. The molecule has 1 aliphatic rings. The van der Waals surface area contributed by atoms with Gasteiger partial charge in [-0.15, -0.1) is 0 Å². The van der Waals surface area contributed by atoms with E-state index in [1.807, 2.05) is 12.1 Å². The topological polar surface area (TPSA) is 0 Å². The van der Waals surface area contributed by atoms with Gasteiger partial charge in [-0.05, 0) is 51.7 Å². The Morgan fingerprint density at radius 2 is 1.32 bits per heavy atom. The second kappa shape index (κ2) is 8.96. The maximum absolute atomic E-state index is 3.47. The molecule has 0 saturated carbocycles. The third-order valence-corrected chi connectivity index (χ3v) is 3.93. The van der Waals surface area contributed by atoms with E-state index >= 15 is 0 Å². The van der Waals surface area contributed by atoms with Crippen LogP contribution in [0.1, 0.15) is 50.7 Å². The van der Waals surface area contributed by atoms with E-state index in [2.05, 4.69) is 74.0 Å². The van der Waals surface area contributed by atoms with Crippen molar-refractivity contribution in [3.63, 3.8) is 0 Å². The van der Waals surface area contributed by atoms with Gasteiger partial charge in [0.15, 0.2) is 0 Å². The van der Waals surface area contributed by atoms with Crippen molar-refractivity contribution in [3.05, 3.63) is 59.7 Å². The first-order valence-electron chi connectivity index (χ1n) is 8.18. The van der Waals surface area contributed by atoms with E-state index in [1.165, 1.54) is 0 Å². The Morgan fingerprint density at radius 3 is 1.73 bits per heavy atom. The van der Waals surface area contributed by atoms with Crippen molar-refractivity contribution < 1.29 is 0 Å². The van der Waals surface area contributed by atoms with Gasteiger partial charge in [-0.25, -0.2) is 0 Å². The third-order valence-electron chi connectivity index (χ3n) is 3.93. The summed E-state index contributed by atoms with van der Waals surface area (Å²) < 4.78 is 0. The lowest BCUT2D eigenvalue weighted by molar-refractivity contribution is 0.510. The molecular weight excluding hydrogens is 264 g/mol. The summed E-state index contributed by atoms with van der Waals surface area (Å²) in [7, 11) is 0. The van der Waals surface area contributed by atoms with E-state index in [0.29, 0.717) is 11.8 Å². The summed E-state index contributed by atoms with van der Waals surface area (Å²) in [6, 6.07) is 8.23. The van der Waals surface area contributed by atoms with Crippen LogP contribution in [0.4, 0.5) is 0 Å². The zero-order chi connectivity index (χ0) is 15.6. The van der Waals surface area contributed by atoms with E-state index in [0.717, 1.165) is 36.8 Å². The van der Waals surface area contributed by atoms with Gasteiger partial charge >= 0.3 is 0 Å². The molecule has 22 heavy (non-hydrogen) atoms. The van der Waals surface area contributed by atoms with E-state index in [-0.39, 0.29) is 0 Å². The van der Waals surface area contributed by atoms with Gasteiger partial charge in [0, 0.05) is 23.0 Å². The van der Waals surface area contributed by atoms with Crippen LogP contribution in [0.5, 0.6) is 0 Å². The zero-order valence-corrected chi connectivity index (χ0v) is 13.6. The number of allylic oxidation sites excluding steroid dienone is 4. The number of hydrogen-bond donors (Lipinski definition) is 0. The van der Waals surface area contributed by atoms with E-state index in [9.17, 15) is 0 Å². The lowest BCUT2D eigenvalue weighted by Gasteiger charge is -2.13. The summed E-state index contributed by atoms with van der Waals surface area (Å²) in [6.45, 7) is 4.15. The first-order valence-corrected chi connectivity index (χ1v) is 8.18. The second-order valence-electron chi connectivity index (χ2n) is 5.66. The average molecular weight is 288 g/mol. The van der Waals surface area contributed by atoms with E-state index in [1.54, 1.807) is 0 Å². The van der Waals surface area contributed by atoms with Gasteiger partial charge in [-0.2, -0.15) is 0 Å². The molecule has 0 saturated heterocycles. The summed E-state index contributed by atoms with van der Waals surface area (Å²) in [5.41, 5.74) is 2.12. The van der Waals surface area contributed by atoms with Gasteiger partial charge in [-0.1, -0.05) is 60.1 Å². The molecule has 0 N–H and O–H groups in total. The maximum Gasteiger partial charge on any atom is 0.0401 e. The normalized spacial score (nSPS) is 20.8. The van der Waals surface area contributed by atoms with Crippen molar-refractivity contribution >= 4 is 0 Å². The van der Waals surface area contributed by atoms with Crippen LogP contribution in [0.25, 0.3) is 0 Å². The van der Waals surface area contributed by atoms with Crippen LogP contribution in [0.15, 0.2) is 48.6 Å². The highest BCUT2D eigenvalue weighted by molar-refractivity contribution is 5.50. The van der Waals surface area contributed by atoms with Crippen molar-refractivity contribution in [3.8, 4) is 23.7 Å². The molecule has 0 nitrogen and oxygen atoms in total. The Kier molecular flexibility index (Phi) is 6.60. The van der Waals surface area contributed by atoms with Crippen molar-refractivity contribution in [1.82, 2.24) is 0 Å². The highest BCUT2D eigenvalue weighted by Gasteiger charge is 2.10. The Hall–Kier alpha value is -2.18. The summed E-state index contributed by atoms with van der Waals surface area (Å²) >= 11 is 0. The highest BCUT2D eigenvalue weighted by Crippen LogP contribution is 2.20. The van der Waals surface area contributed by atoms with E-state index < -0.39 is 0 Å². The zero-order valence-electron chi connectivity index (χ0n) is 13.6. The molecule has 112 valence electrons. The number of fused-ring (bicyclic) bond motifs is 1. The first-order chi connectivity index (χ1) is 10.8. The molecule has 2 unspecified atom stereocenters. The van der Waals surface area contributed by atoms with Crippen LogP contribution in [0.3, 0.4) is 0 Å². The van der Waals surface area contributed by atoms with Crippen molar-refractivity contribution in [2.24, 2.45) is 11.8 Å². The van der Waals surface area contributed by atoms with Gasteiger partial charge in [0.1, 0.15) is 0 Å². The third kappa shape index (κ3) is 4.98. The standard InChI is InChI=1S/C22H24/c1-3-5-9-19-13-14-20(10-6-4-2)16-18-22-12-8-7-11-21(22)17-15-19/h3-8,11-12,19-20H,9-10,13-14H2,1-2H3/b5-3+,6-4+. The number of hydrogen-bond acceptors (Lipinski definition) is 0. The lowest BCUT2D eigenvalue weighted by atomic mass is 9.90. The Bertz CT molecular complexity index is 594. The maximum atomic E-state index is 3.47. The second-order valence-corrected chi connectivity index (χ2v) is 5.66. The van der Waals surface area contributed by atoms with Gasteiger partial charge in [0.05, 0.1) is 0 Å². The van der Waals surface area contributed by atoms with Crippen molar-refractivity contribution in [2.45, 2.75) is 39.5 Å². The first kappa shape index (κ1) is 16.2. The fraction of sp³-hybridized carbons (Fsp3) is 0.364. The predicted octanol–water partition coefficient (Wildman–Crippen LogP) is 5.35. The highest BCUT2D eigenvalue weighted by atomic mass is 14.1. The van der Waals surface area contributed by atoms with Crippen LogP contribution < -0.4 is 0 Å². The molecule has 0 fully saturated rings. The van der Waals surface area contributed by atoms with Crippen LogP contribution in [0, 0.1) is 35.5 Å². The summed E-state index contributed by atoms with van der Waals surface area (Å²) in [5, 5.41) is 0. The minimum absolute atomic E-state index is 0.428. The smallest absolute Gasteiger partial charge is 0.0401 e. The Morgan fingerprint density at radius 1 is 0.864 bits per heavy atom. The molecule has 0 spiro atoms. The quantitative estimate of drug-likeness (QED) is 0.517. The monoisotopic (exact) mass is 288 g/mol. The molecule has 2 atom stereocenters. The van der Waals surface area contributed by atoms with Gasteiger partial charge < -0.3 is 0 Å². The Labute approximate surface area is 135 Å². The number of benzene rings is 1. The molecule has 1 aromatic rings. The van der Waals surface area contributed by atoms with Gasteiger partial charge in [0.25, 0.3) is 0 Å². The van der Waals surface area contributed by atoms with Crippen LogP contribution in [-0.4, -0.2) is 0 Å². The number of rotatable bonds is 4. The van der Waals surface area contributed by atoms with Crippen LogP contribution in [0.2, 0.25) is 0 Å². The largest absolute Gasteiger partial charge is 0.0941 e. The molecule has 1 aliphatic carbocycles. The molecule has 0 amide bonds. The molecule has 0 aromatic heterocycles. The van der Waals surface area contributed by atoms with E-state index in [4.69, 9.17) is 0 Å². The summed E-state index contributed by atoms with van der Waals surface area (Å²) in [4.78, 5) is 0. The summed E-state index contributed by atoms with van der Waals surface area (Å²) in [5.74, 6) is 14.5. The van der Waals surface area contributed by atoms with Crippen molar-refractivity contribution in [2.75, 3.05) is 0 Å². The SMILES string of the molecule is C/C=C/CC1C#Cc2ccccc2C#CC(C/C=C/C)CC1. The molecule has 1 aromatic carbocycles. The molecule has 2 rings (SSSR count). The predicted molar refractivity (Wildman–Crippen MR) is 95.3 cm³/mol. The molecule has 0 bridgehead atoms. The molecule has 0 heterocycles. The molecule has 0 aliphatic heterocycles. The van der Waals surface area contributed by atoms with Gasteiger partial charge in [0.2, 0.25) is 0 Å².